The van der Waals surface area contributed by atoms with Crippen LogP contribution in [-0.4, -0.2) is 58.7 Å². The topological polar surface area (TPSA) is 71.7 Å². The quantitative estimate of drug-likeness (QED) is 0.352. The minimum atomic E-state index is -0.642. The summed E-state index contributed by atoms with van der Waals surface area (Å²) >= 11 is 6.04. The third kappa shape index (κ3) is 5.38. The Morgan fingerprint density at radius 3 is 2.39 bits per heavy atom. The van der Waals surface area contributed by atoms with E-state index >= 15 is 0 Å². The van der Waals surface area contributed by atoms with Gasteiger partial charge in [0.25, 0.3) is 5.91 Å². The molecule has 0 spiro atoms. The molecule has 5 rings (SSSR count). The third-order valence-electron chi connectivity index (χ3n) is 6.32. The zero-order valence-corrected chi connectivity index (χ0v) is 20.0. The Balaban J connectivity index is 1.24. The summed E-state index contributed by atoms with van der Waals surface area (Å²) in [5.41, 5.74) is 2.41. The van der Waals surface area contributed by atoms with Crippen molar-refractivity contribution in [3.05, 3.63) is 94.0 Å². The maximum absolute atomic E-state index is 14.1. The lowest BCUT2D eigenvalue weighted by Gasteiger charge is -2.36. The summed E-state index contributed by atoms with van der Waals surface area (Å²) in [7, 11) is 0. The van der Waals surface area contributed by atoms with Crippen molar-refractivity contribution in [2.45, 2.75) is 12.7 Å². The van der Waals surface area contributed by atoms with Gasteiger partial charge >= 0.3 is 0 Å². The van der Waals surface area contributed by atoms with Crippen LogP contribution >= 0.6 is 11.6 Å². The first kappa shape index (κ1) is 24.3. The molecule has 2 heterocycles. The van der Waals surface area contributed by atoms with Gasteiger partial charge in [-0.2, -0.15) is 0 Å². The van der Waals surface area contributed by atoms with Gasteiger partial charge in [0.05, 0.1) is 12.7 Å². The second kappa shape index (κ2) is 10.7. The Morgan fingerprint density at radius 2 is 1.67 bits per heavy atom. The van der Waals surface area contributed by atoms with Gasteiger partial charge in [0.1, 0.15) is 22.7 Å². The zero-order chi connectivity index (χ0) is 25.1. The van der Waals surface area contributed by atoms with E-state index in [0.717, 1.165) is 5.56 Å². The van der Waals surface area contributed by atoms with Crippen molar-refractivity contribution >= 4 is 28.5 Å². The van der Waals surface area contributed by atoms with E-state index in [2.05, 4.69) is 15.2 Å². The number of halogens is 3. The van der Waals surface area contributed by atoms with Crippen molar-refractivity contribution < 1.29 is 22.9 Å². The molecular weight excluding hydrogens is 490 g/mol. The highest BCUT2D eigenvalue weighted by molar-refractivity contribution is 6.30. The molecule has 0 aliphatic carbocycles. The molecule has 36 heavy (non-hydrogen) atoms. The van der Waals surface area contributed by atoms with Crippen LogP contribution in [-0.2, 0) is 11.3 Å². The smallest absolute Gasteiger partial charge is 0.254 e. The summed E-state index contributed by atoms with van der Waals surface area (Å²) in [6.45, 7) is 2.61. The van der Waals surface area contributed by atoms with Crippen molar-refractivity contribution in [3.63, 3.8) is 0 Å². The molecule has 0 bridgehead atoms. The van der Waals surface area contributed by atoms with Crippen LogP contribution in [0.25, 0.3) is 11.0 Å². The van der Waals surface area contributed by atoms with Gasteiger partial charge in [0, 0.05) is 48.9 Å². The number of nitrogens with zero attached hydrogens (tertiary/aromatic N) is 4. The van der Waals surface area contributed by atoms with Gasteiger partial charge in [0.15, 0.2) is 0 Å². The largest absolute Gasteiger partial charge is 0.367 e. The minimum Gasteiger partial charge on any atom is -0.367 e. The predicted molar refractivity (Wildman–Crippen MR) is 129 cm³/mol. The SMILES string of the molecule is O=C(c1ccc2nonc2c1)N1CCN(C[C@@H](OCc2c(F)cccc2F)c2ccc(Cl)cc2)CC1. The van der Waals surface area contributed by atoms with Gasteiger partial charge < -0.3 is 9.64 Å². The van der Waals surface area contributed by atoms with E-state index in [9.17, 15) is 13.6 Å². The number of benzene rings is 3. The number of rotatable bonds is 7. The molecule has 1 fully saturated rings. The molecule has 0 radical (unpaired) electrons. The molecule has 1 aliphatic rings. The van der Waals surface area contributed by atoms with Gasteiger partial charge in [-0.25, -0.2) is 13.4 Å². The molecule has 186 valence electrons. The number of aromatic nitrogens is 2. The molecular formula is C26H23ClF2N4O3. The standard InChI is InChI=1S/C26H23ClF2N4O3/c27-19-7-4-17(5-8-19)25(35-16-20-21(28)2-1-3-22(20)29)15-32-10-12-33(13-11-32)26(34)18-6-9-23-24(14-18)31-36-30-23/h1-9,14,25H,10-13,15-16H2/t25-/m1/s1. The van der Waals surface area contributed by atoms with Crippen molar-refractivity contribution in [1.29, 1.82) is 0 Å². The van der Waals surface area contributed by atoms with Gasteiger partial charge in [-0.3, -0.25) is 9.69 Å². The second-order valence-electron chi connectivity index (χ2n) is 8.61. The lowest BCUT2D eigenvalue weighted by Crippen LogP contribution is -2.49. The molecule has 1 saturated heterocycles. The van der Waals surface area contributed by atoms with Crippen LogP contribution in [0.4, 0.5) is 8.78 Å². The fraction of sp³-hybridized carbons (Fsp3) is 0.269. The van der Waals surface area contributed by atoms with E-state index < -0.39 is 17.7 Å². The normalized spacial score (nSPS) is 15.4. The van der Waals surface area contributed by atoms with Crippen LogP contribution < -0.4 is 0 Å². The lowest BCUT2D eigenvalue weighted by molar-refractivity contribution is 0.00145. The summed E-state index contributed by atoms with van der Waals surface area (Å²) in [6.07, 6.45) is -0.439. The average molecular weight is 513 g/mol. The molecule has 0 saturated carbocycles. The number of piperazine rings is 1. The summed E-state index contributed by atoms with van der Waals surface area (Å²) in [5, 5.41) is 8.15. The second-order valence-corrected chi connectivity index (χ2v) is 9.05. The van der Waals surface area contributed by atoms with Crippen LogP contribution in [0.2, 0.25) is 5.02 Å². The molecule has 7 nitrogen and oxygen atoms in total. The molecule has 10 heteroatoms. The van der Waals surface area contributed by atoms with E-state index in [1.165, 1.54) is 18.2 Å². The zero-order valence-electron chi connectivity index (χ0n) is 19.2. The number of carbonyl (C=O) groups excluding carboxylic acids is 1. The van der Waals surface area contributed by atoms with Crippen molar-refractivity contribution in [2.75, 3.05) is 32.7 Å². The Kier molecular flexibility index (Phi) is 7.22. The summed E-state index contributed by atoms with van der Waals surface area (Å²) in [5.74, 6) is -1.37. The van der Waals surface area contributed by atoms with Crippen LogP contribution in [0.1, 0.15) is 27.6 Å². The van der Waals surface area contributed by atoms with Crippen molar-refractivity contribution in [2.24, 2.45) is 0 Å². The van der Waals surface area contributed by atoms with Crippen LogP contribution in [0, 0.1) is 11.6 Å². The Labute approximate surface area is 211 Å². The van der Waals surface area contributed by atoms with Crippen LogP contribution in [0.3, 0.4) is 0 Å². The van der Waals surface area contributed by atoms with E-state index in [4.69, 9.17) is 21.0 Å². The fourth-order valence-corrected chi connectivity index (χ4v) is 4.38. The number of hydrogen-bond donors (Lipinski definition) is 0. The molecule has 0 N–H and O–H groups in total. The summed E-state index contributed by atoms with van der Waals surface area (Å²) < 4.78 is 39.0. The van der Waals surface area contributed by atoms with E-state index in [0.29, 0.717) is 54.3 Å². The Bertz CT molecular complexity index is 1340. The maximum atomic E-state index is 14.1. The summed E-state index contributed by atoms with van der Waals surface area (Å²) in [6, 6.07) is 16.1. The number of amides is 1. The van der Waals surface area contributed by atoms with Gasteiger partial charge in [-0.15, -0.1) is 0 Å². The highest BCUT2D eigenvalue weighted by atomic mass is 35.5. The number of carbonyl (C=O) groups is 1. The molecule has 1 aliphatic heterocycles. The van der Waals surface area contributed by atoms with Crippen molar-refractivity contribution in [1.82, 2.24) is 20.1 Å². The van der Waals surface area contributed by atoms with E-state index in [1.807, 2.05) is 12.1 Å². The monoisotopic (exact) mass is 512 g/mol. The molecule has 0 unspecified atom stereocenters. The molecule has 1 aromatic heterocycles. The molecule has 3 aromatic carbocycles. The van der Waals surface area contributed by atoms with E-state index in [-0.39, 0.29) is 18.1 Å². The Morgan fingerprint density at radius 1 is 0.972 bits per heavy atom. The molecule has 1 atom stereocenters. The first-order valence-electron chi connectivity index (χ1n) is 11.5. The lowest BCUT2D eigenvalue weighted by atomic mass is 10.1. The third-order valence-corrected chi connectivity index (χ3v) is 6.57. The fourth-order valence-electron chi connectivity index (χ4n) is 4.25. The first-order valence-corrected chi connectivity index (χ1v) is 11.9. The summed E-state index contributed by atoms with van der Waals surface area (Å²) in [4.78, 5) is 17.0. The predicted octanol–water partition coefficient (Wildman–Crippen LogP) is 4.87. The average Bonchev–Trinajstić information content (AvgIpc) is 3.36. The molecule has 1 amide bonds. The number of hydrogen-bond acceptors (Lipinski definition) is 6. The molecule has 4 aromatic rings. The van der Waals surface area contributed by atoms with E-state index in [1.54, 1.807) is 35.2 Å². The minimum absolute atomic E-state index is 0.0833. The number of fused-ring (bicyclic) bond motifs is 1. The van der Waals surface area contributed by atoms with Gasteiger partial charge in [-0.05, 0) is 58.3 Å². The van der Waals surface area contributed by atoms with Crippen LogP contribution in [0.5, 0.6) is 0 Å². The van der Waals surface area contributed by atoms with Gasteiger partial charge in [-0.1, -0.05) is 29.8 Å². The highest BCUT2D eigenvalue weighted by Crippen LogP contribution is 2.25. The number of ether oxygens (including phenoxy) is 1. The van der Waals surface area contributed by atoms with Gasteiger partial charge in [0.2, 0.25) is 0 Å². The van der Waals surface area contributed by atoms with Crippen molar-refractivity contribution in [3.8, 4) is 0 Å². The maximum Gasteiger partial charge on any atom is 0.254 e. The van der Waals surface area contributed by atoms with Crippen LogP contribution in [0.15, 0.2) is 65.3 Å². The Hall–Kier alpha value is -3.40. The highest BCUT2D eigenvalue weighted by Gasteiger charge is 2.26. The first-order chi connectivity index (χ1) is 17.5.